The summed E-state index contributed by atoms with van der Waals surface area (Å²) in [5, 5.41) is 11.2. The molecule has 0 aromatic rings. The number of nitrogens with one attached hydrogen (secondary N) is 1. The molecule has 0 aliphatic rings. The summed E-state index contributed by atoms with van der Waals surface area (Å²) in [4.78, 5) is 23.4. The molecular formula is C10H18N2O3. The normalized spacial score (nSPS) is 11.6. The highest BCUT2D eigenvalue weighted by atomic mass is 16.4. The van der Waals surface area contributed by atoms with Gasteiger partial charge in [0.15, 0.2) is 0 Å². The summed E-state index contributed by atoms with van der Waals surface area (Å²) in [7, 11) is 1.63. The third-order valence-corrected chi connectivity index (χ3v) is 1.99. The number of rotatable bonds is 6. The van der Waals surface area contributed by atoms with Crippen LogP contribution in [0.5, 0.6) is 0 Å². The molecule has 0 saturated carbocycles. The van der Waals surface area contributed by atoms with Gasteiger partial charge in [-0.15, -0.1) is 6.58 Å². The van der Waals surface area contributed by atoms with Gasteiger partial charge in [0, 0.05) is 19.6 Å². The fraction of sp³-hybridized carbons (Fsp3) is 0.600. The number of aliphatic carboxylic acids is 1. The monoisotopic (exact) mass is 214 g/mol. The molecule has 0 saturated heterocycles. The fourth-order valence-corrected chi connectivity index (χ4v) is 1.07. The zero-order chi connectivity index (χ0) is 11.8. The zero-order valence-corrected chi connectivity index (χ0v) is 9.19. The predicted molar refractivity (Wildman–Crippen MR) is 57.7 cm³/mol. The van der Waals surface area contributed by atoms with Gasteiger partial charge in [-0.3, -0.25) is 4.79 Å². The van der Waals surface area contributed by atoms with E-state index in [1.54, 1.807) is 13.1 Å². The van der Waals surface area contributed by atoms with Crippen LogP contribution in [-0.2, 0) is 4.79 Å². The third kappa shape index (κ3) is 5.72. The number of likely N-dealkylation sites (N-methyl/N-ethyl adjacent to an activating group) is 1. The highest BCUT2D eigenvalue weighted by Gasteiger charge is 2.15. The van der Waals surface area contributed by atoms with Gasteiger partial charge < -0.3 is 15.3 Å². The Hall–Kier alpha value is -1.52. The molecule has 86 valence electrons. The lowest BCUT2D eigenvalue weighted by Crippen LogP contribution is -2.43. The van der Waals surface area contributed by atoms with Gasteiger partial charge in [0.05, 0.1) is 6.42 Å². The van der Waals surface area contributed by atoms with E-state index in [9.17, 15) is 9.59 Å². The Morgan fingerprint density at radius 2 is 2.20 bits per heavy atom. The first-order chi connectivity index (χ1) is 7.01. The smallest absolute Gasteiger partial charge is 0.317 e. The second kappa shape index (κ2) is 6.86. The van der Waals surface area contributed by atoms with Gasteiger partial charge in [-0.1, -0.05) is 13.0 Å². The molecule has 0 rings (SSSR count). The zero-order valence-electron chi connectivity index (χ0n) is 9.19. The van der Waals surface area contributed by atoms with E-state index in [1.807, 2.05) is 6.92 Å². The average Bonchev–Trinajstić information content (AvgIpc) is 2.16. The molecule has 0 bridgehead atoms. The molecule has 15 heavy (non-hydrogen) atoms. The fourth-order valence-electron chi connectivity index (χ4n) is 1.07. The van der Waals surface area contributed by atoms with Crippen molar-refractivity contribution in [3.05, 3.63) is 12.7 Å². The van der Waals surface area contributed by atoms with Gasteiger partial charge in [0.1, 0.15) is 0 Å². The Bertz CT molecular complexity index is 241. The topological polar surface area (TPSA) is 69.6 Å². The minimum Gasteiger partial charge on any atom is -0.481 e. The molecule has 0 heterocycles. The molecule has 5 nitrogen and oxygen atoms in total. The summed E-state index contributed by atoms with van der Waals surface area (Å²) < 4.78 is 0. The maximum Gasteiger partial charge on any atom is 0.317 e. The van der Waals surface area contributed by atoms with Crippen LogP contribution in [-0.4, -0.2) is 41.6 Å². The van der Waals surface area contributed by atoms with Gasteiger partial charge in [-0.25, -0.2) is 4.79 Å². The number of hydrogen-bond acceptors (Lipinski definition) is 2. The average molecular weight is 214 g/mol. The third-order valence-electron chi connectivity index (χ3n) is 1.99. The number of carbonyl (C=O) groups excluding carboxylic acids is 1. The number of carboxylic acids is 1. The van der Waals surface area contributed by atoms with Gasteiger partial charge in [0.25, 0.3) is 0 Å². The Balaban J connectivity index is 4.10. The molecule has 2 amide bonds. The van der Waals surface area contributed by atoms with Gasteiger partial charge in [0.2, 0.25) is 0 Å². The summed E-state index contributed by atoms with van der Waals surface area (Å²) in [5.41, 5.74) is 0. The van der Waals surface area contributed by atoms with E-state index >= 15 is 0 Å². The van der Waals surface area contributed by atoms with Crippen LogP contribution in [0.15, 0.2) is 12.7 Å². The van der Waals surface area contributed by atoms with Crippen molar-refractivity contribution < 1.29 is 14.7 Å². The maximum atomic E-state index is 11.5. The SMILES string of the molecule is C=CCN(C)C(=O)NC(CC)CC(=O)O. The highest BCUT2D eigenvalue weighted by molar-refractivity contribution is 5.75. The lowest BCUT2D eigenvalue weighted by atomic mass is 10.1. The van der Waals surface area contributed by atoms with E-state index in [2.05, 4.69) is 11.9 Å². The molecule has 0 aromatic heterocycles. The number of nitrogens with zero attached hydrogens (tertiary/aromatic N) is 1. The highest BCUT2D eigenvalue weighted by Crippen LogP contribution is 1.98. The summed E-state index contributed by atoms with van der Waals surface area (Å²) in [6, 6.07) is -0.592. The van der Waals surface area contributed by atoms with Crippen LogP contribution in [0.25, 0.3) is 0 Å². The van der Waals surface area contributed by atoms with E-state index in [0.29, 0.717) is 13.0 Å². The van der Waals surface area contributed by atoms with Crippen LogP contribution in [0, 0.1) is 0 Å². The Kier molecular flexibility index (Phi) is 6.17. The summed E-state index contributed by atoms with van der Waals surface area (Å²) in [6.07, 6.45) is 2.15. The minimum absolute atomic E-state index is 0.0514. The van der Waals surface area contributed by atoms with Crippen LogP contribution >= 0.6 is 0 Å². The van der Waals surface area contributed by atoms with Gasteiger partial charge in [-0.2, -0.15) is 0 Å². The van der Waals surface area contributed by atoms with Crippen LogP contribution in [0.2, 0.25) is 0 Å². The van der Waals surface area contributed by atoms with Crippen molar-refractivity contribution in [1.29, 1.82) is 0 Å². The van der Waals surface area contributed by atoms with Crippen LogP contribution < -0.4 is 5.32 Å². The second-order valence-corrected chi connectivity index (χ2v) is 3.32. The van der Waals surface area contributed by atoms with Crippen molar-refractivity contribution in [3.63, 3.8) is 0 Å². The van der Waals surface area contributed by atoms with Crippen molar-refractivity contribution in [3.8, 4) is 0 Å². The number of carbonyl (C=O) groups is 2. The van der Waals surface area contributed by atoms with Crippen molar-refractivity contribution >= 4 is 12.0 Å². The maximum absolute atomic E-state index is 11.5. The molecule has 1 unspecified atom stereocenters. The molecule has 0 spiro atoms. The summed E-state index contributed by atoms with van der Waals surface area (Å²) in [6.45, 7) is 5.79. The molecule has 2 N–H and O–H groups in total. The Labute approximate surface area is 89.8 Å². The molecule has 1 atom stereocenters. The van der Waals surface area contributed by atoms with Gasteiger partial charge in [-0.05, 0) is 6.42 Å². The Morgan fingerprint density at radius 1 is 1.60 bits per heavy atom. The number of urea groups is 1. The number of hydrogen-bond donors (Lipinski definition) is 2. The standard InChI is InChI=1S/C10H18N2O3/c1-4-6-12(3)10(15)11-8(5-2)7-9(13)14/h4,8H,1,5-7H2,2-3H3,(H,11,15)(H,13,14). The van der Waals surface area contributed by atoms with E-state index < -0.39 is 5.97 Å². The van der Waals surface area contributed by atoms with Crippen LogP contribution in [0.1, 0.15) is 19.8 Å². The predicted octanol–water partition coefficient (Wildman–Crippen LogP) is 1.07. The van der Waals surface area contributed by atoms with Crippen molar-refractivity contribution in [2.45, 2.75) is 25.8 Å². The number of carboxylic acid groups (broad SMARTS) is 1. The summed E-state index contributed by atoms with van der Waals surface area (Å²) >= 11 is 0. The van der Waals surface area contributed by atoms with E-state index in [1.165, 1.54) is 4.90 Å². The van der Waals surface area contributed by atoms with Crippen LogP contribution in [0.3, 0.4) is 0 Å². The van der Waals surface area contributed by atoms with Crippen molar-refractivity contribution in [2.24, 2.45) is 0 Å². The van der Waals surface area contributed by atoms with Crippen molar-refractivity contribution in [2.75, 3.05) is 13.6 Å². The molecule has 0 radical (unpaired) electrons. The van der Waals surface area contributed by atoms with Crippen LogP contribution in [0.4, 0.5) is 4.79 Å². The molecular weight excluding hydrogens is 196 g/mol. The first-order valence-corrected chi connectivity index (χ1v) is 4.85. The quantitative estimate of drug-likeness (QED) is 0.650. The largest absolute Gasteiger partial charge is 0.481 e. The molecule has 0 fully saturated rings. The second-order valence-electron chi connectivity index (χ2n) is 3.32. The molecule has 0 aliphatic carbocycles. The first-order valence-electron chi connectivity index (χ1n) is 4.85. The molecule has 5 heteroatoms. The number of amides is 2. The first kappa shape index (κ1) is 13.5. The molecule has 0 aliphatic heterocycles. The van der Waals surface area contributed by atoms with E-state index in [0.717, 1.165) is 0 Å². The van der Waals surface area contributed by atoms with E-state index in [4.69, 9.17) is 5.11 Å². The summed E-state index contributed by atoms with van der Waals surface area (Å²) in [5.74, 6) is -0.909. The van der Waals surface area contributed by atoms with E-state index in [-0.39, 0.29) is 18.5 Å². The lowest BCUT2D eigenvalue weighted by molar-refractivity contribution is -0.137. The Morgan fingerprint density at radius 3 is 2.60 bits per heavy atom. The minimum atomic E-state index is -0.909. The van der Waals surface area contributed by atoms with Crippen molar-refractivity contribution in [1.82, 2.24) is 10.2 Å². The molecule has 0 aromatic carbocycles. The van der Waals surface area contributed by atoms with Gasteiger partial charge >= 0.3 is 12.0 Å². The lowest BCUT2D eigenvalue weighted by Gasteiger charge is -2.20.